The van der Waals surface area contributed by atoms with Crippen LogP contribution >= 0.6 is 11.8 Å². The molecule has 0 aliphatic carbocycles. The van der Waals surface area contributed by atoms with Crippen LogP contribution in [0.3, 0.4) is 0 Å². The van der Waals surface area contributed by atoms with Crippen LogP contribution in [0, 0.1) is 5.92 Å². The standard InChI is InChI=1S/C15H24N4OS/c1-2-9-21-12-14(20)18-10-13-5-3-8-19(11-13)15-16-6-4-7-17-15/h4,6-7,13H,2-3,5,8-12H2,1H3,(H,18,20)/t13-/m1/s1. The highest BCUT2D eigenvalue weighted by Gasteiger charge is 2.21. The fourth-order valence-corrected chi connectivity index (χ4v) is 3.21. The van der Waals surface area contributed by atoms with Gasteiger partial charge in [0.1, 0.15) is 0 Å². The van der Waals surface area contributed by atoms with Gasteiger partial charge in [-0.25, -0.2) is 9.97 Å². The van der Waals surface area contributed by atoms with Crippen molar-refractivity contribution in [3.8, 4) is 0 Å². The molecule has 0 bridgehead atoms. The van der Waals surface area contributed by atoms with E-state index in [-0.39, 0.29) is 5.91 Å². The van der Waals surface area contributed by atoms with Gasteiger partial charge in [-0.05, 0) is 37.0 Å². The van der Waals surface area contributed by atoms with E-state index in [1.807, 2.05) is 6.07 Å². The van der Waals surface area contributed by atoms with Gasteiger partial charge < -0.3 is 10.2 Å². The fourth-order valence-electron chi connectivity index (χ4n) is 2.49. The van der Waals surface area contributed by atoms with Gasteiger partial charge >= 0.3 is 0 Å². The maximum absolute atomic E-state index is 11.7. The highest BCUT2D eigenvalue weighted by Crippen LogP contribution is 2.19. The van der Waals surface area contributed by atoms with Crippen LogP contribution in [0.4, 0.5) is 5.95 Å². The van der Waals surface area contributed by atoms with Crippen LogP contribution < -0.4 is 10.2 Å². The van der Waals surface area contributed by atoms with Gasteiger partial charge in [0, 0.05) is 32.0 Å². The molecule has 0 aromatic carbocycles. The van der Waals surface area contributed by atoms with Crippen LogP contribution in [-0.4, -0.2) is 47.0 Å². The molecule has 0 radical (unpaired) electrons. The summed E-state index contributed by atoms with van der Waals surface area (Å²) in [6, 6.07) is 1.83. The summed E-state index contributed by atoms with van der Waals surface area (Å²) < 4.78 is 0. The smallest absolute Gasteiger partial charge is 0.230 e. The summed E-state index contributed by atoms with van der Waals surface area (Å²) >= 11 is 1.70. The molecule has 116 valence electrons. The molecule has 2 rings (SSSR count). The van der Waals surface area contributed by atoms with Gasteiger partial charge in [-0.1, -0.05) is 6.92 Å². The molecule has 6 heteroatoms. The molecule has 0 saturated carbocycles. The van der Waals surface area contributed by atoms with E-state index in [4.69, 9.17) is 0 Å². The van der Waals surface area contributed by atoms with Crippen LogP contribution in [0.25, 0.3) is 0 Å². The van der Waals surface area contributed by atoms with Crippen molar-refractivity contribution in [1.82, 2.24) is 15.3 Å². The number of carbonyl (C=O) groups excluding carboxylic acids is 1. The number of nitrogens with one attached hydrogen (secondary N) is 1. The number of nitrogens with zero attached hydrogens (tertiary/aromatic N) is 3. The van der Waals surface area contributed by atoms with E-state index < -0.39 is 0 Å². The number of anilines is 1. The predicted octanol–water partition coefficient (Wildman–Crippen LogP) is 1.95. The number of rotatable bonds is 7. The second kappa shape index (κ2) is 8.87. The zero-order chi connectivity index (χ0) is 14.9. The Labute approximate surface area is 130 Å². The van der Waals surface area contributed by atoms with Gasteiger partial charge in [-0.3, -0.25) is 4.79 Å². The first-order chi connectivity index (χ1) is 10.3. The molecule has 5 nitrogen and oxygen atoms in total. The third kappa shape index (κ3) is 5.53. The Morgan fingerprint density at radius 1 is 1.48 bits per heavy atom. The molecule has 1 atom stereocenters. The van der Waals surface area contributed by atoms with E-state index in [1.165, 1.54) is 0 Å². The van der Waals surface area contributed by atoms with Crippen molar-refractivity contribution in [1.29, 1.82) is 0 Å². The average molecular weight is 308 g/mol. The lowest BCUT2D eigenvalue weighted by Crippen LogP contribution is -2.42. The van der Waals surface area contributed by atoms with E-state index in [1.54, 1.807) is 24.2 Å². The fraction of sp³-hybridized carbons (Fsp3) is 0.667. The topological polar surface area (TPSA) is 58.1 Å². The van der Waals surface area contributed by atoms with Crippen LogP contribution in [0.2, 0.25) is 0 Å². The van der Waals surface area contributed by atoms with Crippen LogP contribution in [-0.2, 0) is 4.79 Å². The molecule has 2 heterocycles. The maximum atomic E-state index is 11.7. The van der Waals surface area contributed by atoms with Crippen molar-refractivity contribution >= 4 is 23.6 Å². The molecule has 1 fully saturated rings. The van der Waals surface area contributed by atoms with E-state index in [0.29, 0.717) is 11.7 Å². The molecule has 1 aromatic heterocycles. The zero-order valence-electron chi connectivity index (χ0n) is 12.6. The summed E-state index contributed by atoms with van der Waals surface area (Å²) in [5.41, 5.74) is 0. The Morgan fingerprint density at radius 3 is 3.05 bits per heavy atom. The molecular formula is C15H24N4OS. The Morgan fingerprint density at radius 2 is 2.29 bits per heavy atom. The quantitative estimate of drug-likeness (QED) is 0.780. The molecule has 21 heavy (non-hydrogen) atoms. The third-order valence-corrected chi connectivity index (χ3v) is 4.69. The number of piperidine rings is 1. The van der Waals surface area contributed by atoms with Crippen molar-refractivity contribution in [3.05, 3.63) is 18.5 Å². The lowest BCUT2D eigenvalue weighted by molar-refractivity contribution is -0.118. The Hall–Kier alpha value is -1.30. The summed E-state index contributed by atoms with van der Waals surface area (Å²) in [4.78, 5) is 22.6. The SMILES string of the molecule is CCCSCC(=O)NC[C@H]1CCCN(c2ncccn2)C1. The molecule has 1 aliphatic rings. The monoisotopic (exact) mass is 308 g/mol. The normalized spacial score (nSPS) is 18.5. The number of amides is 1. The van der Waals surface area contributed by atoms with Crippen LogP contribution in [0.15, 0.2) is 18.5 Å². The Bertz CT molecular complexity index is 429. The number of hydrogen-bond acceptors (Lipinski definition) is 5. The number of hydrogen-bond donors (Lipinski definition) is 1. The highest BCUT2D eigenvalue weighted by molar-refractivity contribution is 7.99. The minimum Gasteiger partial charge on any atom is -0.355 e. The van der Waals surface area contributed by atoms with E-state index >= 15 is 0 Å². The predicted molar refractivity (Wildman–Crippen MR) is 87.6 cm³/mol. The van der Waals surface area contributed by atoms with Gasteiger partial charge in [-0.15, -0.1) is 0 Å². The second-order valence-electron chi connectivity index (χ2n) is 5.36. The summed E-state index contributed by atoms with van der Waals surface area (Å²) in [6.07, 6.45) is 6.96. The summed E-state index contributed by atoms with van der Waals surface area (Å²) in [7, 11) is 0. The molecular weight excluding hydrogens is 284 g/mol. The highest BCUT2D eigenvalue weighted by atomic mass is 32.2. The van der Waals surface area contributed by atoms with Crippen molar-refractivity contribution in [2.75, 3.05) is 36.0 Å². The van der Waals surface area contributed by atoms with Gasteiger partial charge in [0.05, 0.1) is 5.75 Å². The maximum Gasteiger partial charge on any atom is 0.230 e. The number of carbonyl (C=O) groups is 1. The zero-order valence-corrected chi connectivity index (χ0v) is 13.4. The summed E-state index contributed by atoms with van der Waals surface area (Å²) in [6.45, 7) is 4.81. The molecule has 1 aromatic rings. The molecule has 1 saturated heterocycles. The van der Waals surface area contributed by atoms with Crippen molar-refractivity contribution < 1.29 is 4.79 Å². The van der Waals surface area contributed by atoms with Crippen molar-refractivity contribution in [2.24, 2.45) is 5.92 Å². The first-order valence-corrected chi connectivity index (χ1v) is 8.81. The first kappa shape index (κ1) is 16.1. The lowest BCUT2D eigenvalue weighted by Gasteiger charge is -2.32. The minimum atomic E-state index is 0.154. The van der Waals surface area contributed by atoms with Crippen molar-refractivity contribution in [2.45, 2.75) is 26.2 Å². The molecule has 0 unspecified atom stereocenters. The van der Waals surface area contributed by atoms with Gasteiger partial charge in [0.25, 0.3) is 0 Å². The van der Waals surface area contributed by atoms with E-state index in [2.05, 4.69) is 27.1 Å². The van der Waals surface area contributed by atoms with Gasteiger partial charge in [-0.2, -0.15) is 11.8 Å². The largest absolute Gasteiger partial charge is 0.355 e. The first-order valence-electron chi connectivity index (χ1n) is 7.66. The van der Waals surface area contributed by atoms with Crippen LogP contribution in [0.1, 0.15) is 26.2 Å². The Kier molecular flexibility index (Phi) is 6.79. The number of aromatic nitrogens is 2. The molecule has 0 spiro atoms. The molecule has 1 amide bonds. The molecule has 1 aliphatic heterocycles. The minimum absolute atomic E-state index is 0.154. The van der Waals surface area contributed by atoms with E-state index in [0.717, 1.165) is 50.6 Å². The summed E-state index contributed by atoms with van der Waals surface area (Å²) in [5, 5.41) is 3.06. The van der Waals surface area contributed by atoms with E-state index in [9.17, 15) is 4.79 Å². The third-order valence-electron chi connectivity index (χ3n) is 3.52. The van der Waals surface area contributed by atoms with Gasteiger partial charge in [0.15, 0.2) is 0 Å². The second-order valence-corrected chi connectivity index (χ2v) is 6.46. The lowest BCUT2D eigenvalue weighted by atomic mass is 9.98. The molecule has 1 N–H and O–H groups in total. The average Bonchev–Trinajstić information content (AvgIpc) is 2.54. The Balaban J connectivity index is 1.73. The number of thioether (sulfide) groups is 1. The van der Waals surface area contributed by atoms with Crippen molar-refractivity contribution in [3.63, 3.8) is 0 Å². The van der Waals surface area contributed by atoms with Crippen LogP contribution in [0.5, 0.6) is 0 Å². The summed E-state index contributed by atoms with van der Waals surface area (Å²) in [5.74, 6) is 3.07. The van der Waals surface area contributed by atoms with Gasteiger partial charge in [0.2, 0.25) is 11.9 Å².